The highest BCUT2D eigenvalue weighted by molar-refractivity contribution is 5.87. The Morgan fingerprint density at radius 3 is 2.50 bits per heavy atom. The van der Waals surface area contributed by atoms with Crippen molar-refractivity contribution in [2.45, 2.75) is 19.3 Å². The smallest absolute Gasteiger partial charge is 0.137 e. The number of carbonyl (C=O) groups is 1. The number of nitrogens with one attached hydrogen (secondary N) is 1. The molecule has 0 saturated carbocycles. The average molecular weight is 237 g/mol. The van der Waals surface area contributed by atoms with Gasteiger partial charge in [-0.25, -0.2) is 0 Å². The van der Waals surface area contributed by atoms with E-state index in [0.717, 1.165) is 23.4 Å². The number of Topliss-reactive ketones (excluding diaryl/α,β-unsaturated/α-hetero) is 1. The molecule has 0 saturated heterocycles. The minimum atomic E-state index is -0.0441. The van der Waals surface area contributed by atoms with E-state index in [1.54, 1.807) is 6.92 Å². The van der Waals surface area contributed by atoms with Crippen molar-refractivity contribution in [2.24, 2.45) is 0 Å². The summed E-state index contributed by atoms with van der Waals surface area (Å²) < 4.78 is 0. The van der Waals surface area contributed by atoms with Gasteiger partial charge in [-0.1, -0.05) is 36.4 Å². The maximum absolute atomic E-state index is 11.9. The molecule has 0 amide bonds. The molecular weight excluding hydrogens is 222 g/mol. The van der Waals surface area contributed by atoms with Gasteiger partial charge in [0.2, 0.25) is 0 Å². The fraction of sp³-hybridized carbons (Fsp3) is 0.188. The molecule has 0 fully saturated rings. The number of hydrogen-bond donors (Lipinski definition) is 1. The zero-order valence-electron chi connectivity index (χ0n) is 10.3. The van der Waals surface area contributed by atoms with Crippen molar-refractivity contribution in [1.82, 2.24) is 0 Å². The molecule has 1 atom stereocenters. The molecule has 1 aliphatic heterocycles. The van der Waals surface area contributed by atoms with E-state index in [2.05, 4.69) is 17.4 Å². The molecule has 1 heterocycles. The van der Waals surface area contributed by atoms with Gasteiger partial charge in [-0.15, -0.1) is 0 Å². The number of anilines is 2. The topological polar surface area (TPSA) is 29.1 Å². The van der Waals surface area contributed by atoms with E-state index >= 15 is 0 Å². The van der Waals surface area contributed by atoms with E-state index in [1.807, 2.05) is 36.4 Å². The van der Waals surface area contributed by atoms with Crippen LogP contribution in [0.4, 0.5) is 11.4 Å². The fourth-order valence-corrected chi connectivity index (χ4v) is 2.57. The van der Waals surface area contributed by atoms with Crippen molar-refractivity contribution < 1.29 is 4.79 Å². The molecule has 1 N–H and O–H groups in total. The summed E-state index contributed by atoms with van der Waals surface area (Å²) in [5, 5.41) is 3.44. The van der Waals surface area contributed by atoms with Crippen molar-refractivity contribution >= 4 is 17.2 Å². The molecule has 0 bridgehead atoms. The van der Waals surface area contributed by atoms with Crippen LogP contribution in [0.5, 0.6) is 0 Å². The standard InChI is InChI=1S/C16H15NO/c1-11(18)14-10-12-6-2-4-8-15(12)17-16-9-5-3-7-13(14)16/h2-9,14,17H,10H2,1H3/t14-/m1/s1. The van der Waals surface area contributed by atoms with E-state index in [0.29, 0.717) is 0 Å². The number of ketones is 1. The first kappa shape index (κ1) is 11.0. The molecule has 0 spiro atoms. The third kappa shape index (κ3) is 1.80. The highest BCUT2D eigenvalue weighted by Gasteiger charge is 2.24. The lowest BCUT2D eigenvalue weighted by molar-refractivity contribution is -0.118. The van der Waals surface area contributed by atoms with Crippen LogP contribution in [0.3, 0.4) is 0 Å². The summed E-state index contributed by atoms with van der Waals surface area (Å²) in [4.78, 5) is 11.9. The van der Waals surface area contributed by atoms with Gasteiger partial charge in [0.1, 0.15) is 5.78 Å². The average Bonchev–Trinajstić information content (AvgIpc) is 2.55. The monoisotopic (exact) mass is 237 g/mol. The van der Waals surface area contributed by atoms with Gasteiger partial charge in [-0.05, 0) is 36.6 Å². The Kier molecular flexibility index (Phi) is 2.63. The number of carbonyl (C=O) groups excluding carboxylic acids is 1. The third-order valence-electron chi connectivity index (χ3n) is 3.54. The molecular formula is C16H15NO. The maximum Gasteiger partial charge on any atom is 0.137 e. The summed E-state index contributed by atoms with van der Waals surface area (Å²) >= 11 is 0. The number of fused-ring (bicyclic) bond motifs is 2. The summed E-state index contributed by atoms with van der Waals surface area (Å²) in [7, 11) is 0. The quantitative estimate of drug-likeness (QED) is 0.820. The van der Waals surface area contributed by atoms with E-state index in [-0.39, 0.29) is 11.7 Å². The lowest BCUT2D eigenvalue weighted by Gasteiger charge is -2.13. The summed E-state index contributed by atoms with van der Waals surface area (Å²) in [6.45, 7) is 1.68. The molecule has 0 unspecified atom stereocenters. The highest BCUT2D eigenvalue weighted by atomic mass is 16.1. The van der Waals surface area contributed by atoms with Crippen LogP contribution in [0.25, 0.3) is 0 Å². The molecule has 1 aliphatic rings. The molecule has 0 aliphatic carbocycles. The molecule has 18 heavy (non-hydrogen) atoms. The van der Waals surface area contributed by atoms with Crippen molar-refractivity contribution in [3.8, 4) is 0 Å². The van der Waals surface area contributed by atoms with Crippen molar-refractivity contribution in [1.29, 1.82) is 0 Å². The van der Waals surface area contributed by atoms with E-state index in [1.165, 1.54) is 5.56 Å². The van der Waals surface area contributed by atoms with Crippen LogP contribution in [0.1, 0.15) is 24.0 Å². The lowest BCUT2D eigenvalue weighted by Crippen LogP contribution is -2.11. The van der Waals surface area contributed by atoms with Crippen LogP contribution in [0, 0.1) is 0 Å². The van der Waals surface area contributed by atoms with E-state index in [4.69, 9.17) is 0 Å². The second-order valence-electron chi connectivity index (χ2n) is 4.74. The predicted molar refractivity (Wildman–Crippen MR) is 73.3 cm³/mol. The number of rotatable bonds is 1. The second kappa shape index (κ2) is 4.30. The molecule has 90 valence electrons. The Morgan fingerprint density at radius 1 is 1.06 bits per heavy atom. The van der Waals surface area contributed by atoms with Gasteiger partial charge in [0, 0.05) is 17.3 Å². The zero-order valence-corrected chi connectivity index (χ0v) is 10.3. The summed E-state index contributed by atoms with van der Waals surface area (Å²) in [5.74, 6) is 0.179. The van der Waals surface area contributed by atoms with Gasteiger partial charge in [0.05, 0.1) is 0 Å². The second-order valence-corrected chi connectivity index (χ2v) is 4.74. The molecule has 2 aromatic rings. The first-order chi connectivity index (χ1) is 8.75. The van der Waals surface area contributed by atoms with Crippen LogP contribution in [-0.4, -0.2) is 5.78 Å². The minimum Gasteiger partial charge on any atom is -0.355 e. The Bertz CT molecular complexity index is 604. The number of hydrogen-bond acceptors (Lipinski definition) is 2. The first-order valence-electron chi connectivity index (χ1n) is 6.20. The van der Waals surface area contributed by atoms with Gasteiger partial charge in [-0.2, -0.15) is 0 Å². The van der Waals surface area contributed by atoms with Crippen molar-refractivity contribution in [2.75, 3.05) is 5.32 Å². The minimum absolute atomic E-state index is 0.0441. The molecule has 2 nitrogen and oxygen atoms in total. The number of benzene rings is 2. The summed E-state index contributed by atoms with van der Waals surface area (Å²) in [5.41, 5.74) is 4.45. The first-order valence-corrected chi connectivity index (χ1v) is 6.20. The van der Waals surface area contributed by atoms with E-state index < -0.39 is 0 Å². The molecule has 2 heteroatoms. The van der Waals surface area contributed by atoms with Gasteiger partial charge < -0.3 is 5.32 Å². The SMILES string of the molecule is CC(=O)[C@H]1Cc2ccccc2Nc2ccccc21. The molecule has 2 aromatic carbocycles. The van der Waals surface area contributed by atoms with Crippen molar-refractivity contribution in [3.63, 3.8) is 0 Å². The summed E-state index contributed by atoms with van der Waals surface area (Å²) in [6, 6.07) is 16.3. The molecule has 0 aromatic heterocycles. The van der Waals surface area contributed by atoms with Crippen LogP contribution >= 0.6 is 0 Å². The van der Waals surface area contributed by atoms with Crippen LogP contribution < -0.4 is 5.32 Å². The zero-order chi connectivity index (χ0) is 12.5. The van der Waals surface area contributed by atoms with Gasteiger partial charge in [-0.3, -0.25) is 4.79 Å². The van der Waals surface area contributed by atoms with Gasteiger partial charge >= 0.3 is 0 Å². The largest absolute Gasteiger partial charge is 0.355 e. The molecule has 3 rings (SSSR count). The third-order valence-corrected chi connectivity index (χ3v) is 3.54. The Hall–Kier alpha value is -2.09. The fourth-order valence-electron chi connectivity index (χ4n) is 2.57. The summed E-state index contributed by atoms with van der Waals surface area (Å²) in [6.07, 6.45) is 0.773. The molecule has 0 radical (unpaired) electrons. The van der Waals surface area contributed by atoms with Crippen LogP contribution in [0.2, 0.25) is 0 Å². The normalized spacial score (nSPS) is 17.1. The van der Waals surface area contributed by atoms with Gasteiger partial charge in [0.25, 0.3) is 0 Å². The van der Waals surface area contributed by atoms with Crippen molar-refractivity contribution in [3.05, 3.63) is 59.7 Å². The Morgan fingerprint density at radius 2 is 1.72 bits per heavy atom. The van der Waals surface area contributed by atoms with Crippen LogP contribution in [0.15, 0.2) is 48.5 Å². The highest BCUT2D eigenvalue weighted by Crippen LogP contribution is 2.36. The maximum atomic E-state index is 11.9. The predicted octanol–water partition coefficient (Wildman–Crippen LogP) is 3.66. The van der Waals surface area contributed by atoms with Crippen LogP contribution in [-0.2, 0) is 11.2 Å². The van der Waals surface area contributed by atoms with E-state index in [9.17, 15) is 4.79 Å². The van der Waals surface area contributed by atoms with Gasteiger partial charge in [0.15, 0.2) is 0 Å². The lowest BCUT2D eigenvalue weighted by atomic mass is 9.89. The Labute approximate surface area is 107 Å². The number of para-hydroxylation sites is 2. The Balaban J connectivity index is 2.17.